The van der Waals surface area contributed by atoms with Gasteiger partial charge in [-0.05, 0) is 24.3 Å². The van der Waals surface area contributed by atoms with E-state index in [4.69, 9.17) is 5.73 Å². The molecule has 0 aliphatic carbocycles. The minimum absolute atomic E-state index is 0.644. The van der Waals surface area contributed by atoms with E-state index in [-0.39, 0.29) is 0 Å². The summed E-state index contributed by atoms with van der Waals surface area (Å²) in [6, 6.07) is 9.35. The Morgan fingerprint density at radius 3 is 2.53 bits per heavy atom. The van der Waals surface area contributed by atoms with Crippen molar-refractivity contribution in [1.82, 2.24) is 9.97 Å². The lowest BCUT2D eigenvalue weighted by molar-refractivity contribution is 1.08. The van der Waals surface area contributed by atoms with E-state index >= 15 is 0 Å². The number of hydrogen-bond donors (Lipinski definition) is 1. The summed E-state index contributed by atoms with van der Waals surface area (Å²) in [6.07, 6.45) is 3.45. The molecule has 0 aliphatic rings. The average molecular weight is 200 g/mol. The third kappa shape index (κ3) is 1.88. The molecule has 0 amide bonds. The lowest BCUT2D eigenvalue weighted by Crippen LogP contribution is -2.14. The van der Waals surface area contributed by atoms with E-state index in [1.54, 1.807) is 12.4 Å². The quantitative estimate of drug-likeness (QED) is 0.803. The van der Waals surface area contributed by atoms with Crippen LogP contribution in [-0.2, 0) is 0 Å². The van der Waals surface area contributed by atoms with Crippen LogP contribution in [0.15, 0.2) is 42.7 Å². The highest BCUT2D eigenvalue weighted by atomic mass is 15.2. The van der Waals surface area contributed by atoms with Crippen molar-refractivity contribution in [3.63, 3.8) is 0 Å². The maximum Gasteiger partial charge on any atom is 0.157 e. The molecule has 2 heterocycles. The van der Waals surface area contributed by atoms with E-state index < -0.39 is 0 Å². The smallest absolute Gasteiger partial charge is 0.157 e. The molecule has 0 radical (unpaired) electrons. The Balaban J connectivity index is 2.37. The maximum absolute atomic E-state index is 5.83. The molecule has 76 valence electrons. The molecule has 2 rings (SSSR count). The summed E-state index contributed by atoms with van der Waals surface area (Å²) in [6.45, 7) is 0. The molecule has 2 aromatic heterocycles. The Kier molecular flexibility index (Phi) is 2.49. The second kappa shape index (κ2) is 3.96. The minimum atomic E-state index is 0.644. The van der Waals surface area contributed by atoms with Crippen LogP contribution >= 0.6 is 0 Å². The van der Waals surface area contributed by atoms with Crippen molar-refractivity contribution in [3.05, 3.63) is 42.7 Å². The SMILES string of the molecule is CN(c1ccccn1)c1ncccc1N. The zero-order valence-corrected chi connectivity index (χ0v) is 8.46. The van der Waals surface area contributed by atoms with Gasteiger partial charge in [-0.1, -0.05) is 6.07 Å². The summed E-state index contributed by atoms with van der Waals surface area (Å²) >= 11 is 0. The summed E-state index contributed by atoms with van der Waals surface area (Å²) in [5.74, 6) is 1.54. The lowest BCUT2D eigenvalue weighted by Gasteiger charge is -2.18. The molecule has 0 aliphatic heterocycles. The van der Waals surface area contributed by atoms with Gasteiger partial charge < -0.3 is 10.6 Å². The Bertz CT molecular complexity index is 441. The predicted octanol–water partition coefficient (Wildman–Crippen LogP) is 1.83. The van der Waals surface area contributed by atoms with Crippen LogP contribution in [-0.4, -0.2) is 17.0 Å². The normalized spacial score (nSPS) is 9.93. The van der Waals surface area contributed by atoms with E-state index in [2.05, 4.69) is 9.97 Å². The lowest BCUT2D eigenvalue weighted by atomic mass is 10.3. The van der Waals surface area contributed by atoms with Gasteiger partial charge in [-0.15, -0.1) is 0 Å². The van der Waals surface area contributed by atoms with Crippen LogP contribution in [0.5, 0.6) is 0 Å². The summed E-state index contributed by atoms with van der Waals surface area (Å²) in [7, 11) is 1.89. The van der Waals surface area contributed by atoms with Crippen molar-refractivity contribution >= 4 is 17.3 Å². The molecule has 0 fully saturated rings. The topological polar surface area (TPSA) is 55.0 Å². The van der Waals surface area contributed by atoms with Crippen LogP contribution in [0.25, 0.3) is 0 Å². The highest BCUT2D eigenvalue weighted by molar-refractivity contribution is 5.68. The first-order valence-corrected chi connectivity index (χ1v) is 4.64. The van der Waals surface area contributed by atoms with Gasteiger partial charge >= 0.3 is 0 Å². The molecule has 0 bridgehead atoms. The van der Waals surface area contributed by atoms with E-state index in [9.17, 15) is 0 Å². The second-order valence-corrected chi connectivity index (χ2v) is 3.16. The third-order valence-electron chi connectivity index (χ3n) is 2.13. The minimum Gasteiger partial charge on any atom is -0.396 e. The molecule has 0 saturated heterocycles. The third-order valence-corrected chi connectivity index (χ3v) is 2.13. The standard InChI is InChI=1S/C11H12N4/c1-15(10-6-2-3-7-13-10)11-9(12)5-4-8-14-11/h2-8H,12H2,1H3. The van der Waals surface area contributed by atoms with E-state index in [1.165, 1.54) is 0 Å². The molecular formula is C11H12N4. The first-order chi connectivity index (χ1) is 7.29. The zero-order chi connectivity index (χ0) is 10.7. The molecule has 0 saturated carbocycles. The van der Waals surface area contributed by atoms with Crippen molar-refractivity contribution in [3.8, 4) is 0 Å². The van der Waals surface area contributed by atoms with Crippen molar-refractivity contribution in [2.75, 3.05) is 17.7 Å². The number of aromatic nitrogens is 2. The van der Waals surface area contributed by atoms with Gasteiger partial charge in [-0.2, -0.15) is 0 Å². The number of hydrogen-bond acceptors (Lipinski definition) is 4. The first kappa shape index (κ1) is 9.45. The molecule has 0 unspecified atom stereocenters. The van der Waals surface area contributed by atoms with Gasteiger partial charge in [-0.3, -0.25) is 0 Å². The number of nitrogens with zero attached hydrogens (tertiary/aromatic N) is 3. The Hall–Kier alpha value is -2.10. The molecule has 2 N–H and O–H groups in total. The van der Waals surface area contributed by atoms with E-state index in [1.807, 2.05) is 42.3 Å². The fourth-order valence-electron chi connectivity index (χ4n) is 1.35. The van der Waals surface area contributed by atoms with Gasteiger partial charge in [0, 0.05) is 19.4 Å². The summed E-state index contributed by atoms with van der Waals surface area (Å²) in [4.78, 5) is 10.3. The van der Waals surface area contributed by atoms with E-state index in [0.717, 1.165) is 11.6 Å². The second-order valence-electron chi connectivity index (χ2n) is 3.16. The largest absolute Gasteiger partial charge is 0.396 e. The molecule has 2 aromatic rings. The van der Waals surface area contributed by atoms with Crippen molar-refractivity contribution in [1.29, 1.82) is 0 Å². The summed E-state index contributed by atoms with van der Waals surface area (Å²) < 4.78 is 0. The molecule has 4 heteroatoms. The fourth-order valence-corrected chi connectivity index (χ4v) is 1.35. The van der Waals surface area contributed by atoms with E-state index in [0.29, 0.717) is 5.69 Å². The van der Waals surface area contributed by atoms with Gasteiger partial charge in [0.2, 0.25) is 0 Å². The van der Waals surface area contributed by atoms with Gasteiger partial charge in [0.05, 0.1) is 5.69 Å². The van der Waals surface area contributed by atoms with Crippen LogP contribution in [0.3, 0.4) is 0 Å². The molecular weight excluding hydrogens is 188 g/mol. The number of anilines is 3. The highest BCUT2D eigenvalue weighted by Gasteiger charge is 2.08. The highest BCUT2D eigenvalue weighted by Crippen LogP contribution is 2.23. The zero-order valence-electron chi connectivity index (χ0n) is 8.46. The Morgan fingerprint density at radius 2 is 1.87 bits per heavy atom. The number of pyridine rings is 2. The van der Waals surface area contributed by atoms with Crippen molar-refractivity contribution in [2.45, 2.75) is 0 Å². The number of rotatable bonds is 2. The maximum atomic E-state index is 5.83. The van der Waals surface area contributed by atoms with Gasteiger partial charge in [0.15, 0.2) is 5.82 Å². The van der Waals surface area contributed by atoms with Crippen LogP contribution in [0.1, 0.15) is 0 Å². The Morgan fingerprint density at radius 1 is 1.07 bits per heavy atom. The molecule has 0 atom stereocenters. The van der Waals surface area contributed by atoms with Gasteiger partial charge in [-0.25, -0.2) is 9.97 Å². The summed E-state index contributed by atoms with van der Waals surface area (Å²) in [5, 5.41) is 0. The van der Waals surface area contributed by atoms with Gasteiger partial charge in [0.25, 0.3) is 0 Å². The molecule has 0 aromatic carbocycles. The average Bonchev–Trinajstić information content (AvgIpc) is 2.30. The fraction of sp³-hybridized carbons (Fsp3) is 0.0909. The van der Waals surface area contributed by atoms with Crippen molar-refractivity contribution < 1.29 is 0 Å². The Labute approximate surface area is 88.4 Å². The first-order valence-electron chi connectivity index (χ1n) is 4.64. The number of nitrogen functional groups attached to an aromatic ring is 1. The monoisotopic (exact) mass is 200 g/mol. The van der Waals surface area contributed by atoms with Crippen LogP contribution in [0, 0.1) is 0 Å². The van der Waals surface area contributed by atoms with Gasteiger partial charge in [0.1, 0.15) is 5.82 Å². The molecule has 4 nitrogen and oxygen atoms in total. The van der Waals surface area contributed by atoms with Crippen LogP contribution in [0.4, 0.5) is 17.3 Å². The van der Waals surface area contributed by atoms with Crippen molar-refractivity contribution in [2.24, 2.45) is 0 Å². The number of nitrogens with two attached hydrogens (primary N) is 1. The summed E-state index contributed by atoms with van der Waals surface area (Å²) in [5.41, 5.74) is 6.47. The molecule has 15 heavy (non-hydrogen) atoms. The van der Waals surface area contributed by atoms with Crippen LogP contribution in [0.2, 0.25) is 0 Å². The predicted molar refractivity (Wildman–Crippen MR) is 60.9 cm³/mol. The van der Waals surface area contributed by atoms with Crippen LogP contribution < -0.4 is 10.6 Å². The molecule has 0 spiro atoms.